The van der Waals surface area contributed by atoms with E-state index in [1.807, 2.05) is 6.92 Å². The third-order valence-electron chi connectivity index (χ3n) is 2.83. The zero-order chi connectivity index (χ0) is 14.9. The van der Waals surface area contributed by atoms with Gasteiger partial charge in [-0.1, -0.05) is 13.3 Å². The fraction of sp³-hybridized carbons (Fsp3) is 0.846. The number of nitrogens with zero attached hydrogens (tertiary/aromatic N) is 1. The second-order valence-corrected chi connectivity index (χ2v) is 5.48. The Kier molecular flexibility index (Phi) is 8.30. The van der Waals surface area contributed by atoms with E-state index in [-0.39, 0.29) is 18.9 Å². The number of halogens is 1. The number of amides is 1. The minimum atomic E-state index is -1.09. The van der Waals surface area contributed by atoms with Gasteiger partial charge in [0.05, 0.1) is 33.0 Å². The van der Waals surface area contributed by atoms with E-state index < -0.39 is 12.1 Å². The van der Waals surface area contributed by atoms with Crippen LogP contribution in [0.1, 0.15) is 32.6 Å². The molecular formula is C13H25FN2O3. The second-order valence-electron chi connectivity index (χ2n) is 5.48. The van der Waals surface area contributed by atoms with Crippen molar-refractivity contribution in [2.45, 2.75) is 38.8 Å². The average Bonchev–Trinajstić information content (AvgIpc) is 2.22. The van der Waals surface area contributed by atoms with E-state index in [0.717, 1.165) is 6.42 Å². The molecule has 0 aromatic heterocycles. The Morgan fingerprint density at radius 2 is 2.00 bits per heavy atom. The molecule has 1 N–H and O–H groups in total. The zero-order valence-corrected chi connectivity index (χ0v) is 12.1. The summed E-state index contributed by atoms with van der Waals surface area (Å²) in [6, 6.07) is 0. The van der Waals surface area contributed by atoms with Crippen LogP contribution in [-0.4, -0.2) is 56.3 Å². The summed E-state index contributed by atoms with van der Waals surface area (Å²) >= 11 is 0. The van der Waals surface area contributed by atoms with Crippen LogP contribution in [0, 0.1) is 0 Å². The number of hydrogen-bond acceptors (Lipinski definition) is 3. The number of alkyl halides is 1. The highest BCUT2D eigenvalue weighted by molar-refractivity contribution is 5.76. The number of hydrogen-bond donors (Lipinski definition) is 1. The highest BCUT2D eigenvalue weighted by atomic mass is 19.1. The number of rotatable bonds is 10. The Morgan fingerprint density at radius 1 is 1.37 bits per heavy atom. The summed E-state index contributed by atoms with van der Waals surface area (Å²) in [6.45, 7) is 2.87. The lowest BCUT2D eigenvalue weighted by Gasteiger charge is -2.30. The first kappa shape index (κ1) is 17.8. The first-order valence-electron chi connectivity index (χ1n) is 6.69. The van der Waals surface area contributed by atoms with Crippen molar-refractivity contribution in [1.82, 2.24) is 5.32 Å². The summed E-state index contributed by atoms with van der Waals surface area (Å²) in [6.07, 6.45) is 0.615. The molecule has 0 aromatic carbocycles. The van der Waals surface area contributed by atoms with Crippen molar-refractivity contribution in [2.75, 3.05) is 33.7 Å². The largest absolute Gasteiger partial charge is 0.544 e. The first-order chi connectivity index (χ1) is 8.76. The molecule has 0 spiro atoms. The van der Waals surface area contributed by atoms with Crippen molar-refractivity contribution < 1.29 is 23.6 Å². The Morgan fingerprint density at radius 3 is 2.53 bits per heavy atom. The Labute approximate surface area is 114 Å². The topological polar surface area (TPSA) is 69.2 Å². The number of likely N-dealkylation sites (N-methyl/N-ethyl adjacent to an activating group) is 1. The Bertz CT molecular complexity index is 296. The molecule has 5 nitrogen and oxygen atoms in total. The number of carboxylic acid groups (broad SMARTS) is 1. The van der Waals surface area contributed by atoms with E-state index in [9.17, 15) is 19.1 Å². The number of nitrogens with one attached hydrogen (secondary N) is 1. The maximum absolute atomic E-state index is 13.2. The molecule has 0 bridgehead atoms. The summed E-state index contributed by atoms with van der Waals surface area (Å²) < 4.78 is 13.5. The van der Waals surface area contributed by atoms with Crippen molar-refractivity contribution >= 4 is 11.9 Å². The van der Waals surface area contributed by atoms with Crippen LogP contribution in [0.25, 0.3) is 0 Å². The van der Waals surface area contributed by atoms with Gasteiger partial charge in [0, 0.05) is 13.0 Å². The van der Waals surface area contributed by atoms with E-state index in [0.29, 0.717) is 30.4 Å². The SMILES string of the molecule is CCCC(F)CC(=O)NCCC[N+](C)(C)CC(=O)[O-]. The summed E-state index contributed by atoms with van der Waals surface area (Å²) in [7, 11) is 3.58. The van der Waals surface area contributed by atoms with Crippen LogP contribution in [0.15, 0.2) is 0 Å². The number of carbonyl (C=O) groups excluding carboxylic acids is 2. The average molecular weight is 276 g/mol. The molecule has 112 valence electrons. The van der Waals surface area contributed by atoms with Gasteiger partial charge in [-0.15, -0.1) is 0 Å². The molecule has 0 aliphatic heterocycles. The third-order valence-corrected chi connectivity index (χ3v) is 2.83. The fourth-order valence-electron chi connectivity index (χ4n) is 1.85. The number of carboxylic acids is 1. The lowest BCUT2D eigenvalue weighted by atomic mass is 10.1. The van der Waals surface area contributed by atoms with E-state index >= 15 is 0 Å². The molecule has 0 rings (SSSR count). The molecule has 1 atom stereocenters. The standard InChI is InChI=1S/C13H25FN2O3/c1-4-6-11(14)9-12(17)15-7-5-8-16(2,3)10-13(18)19/h11H,4-10H2,1-3H3,(H-,15,17,18,19). The monoisotopic (exact) mass is 276 g/mol. The number of carbonyl (C=O) groups is 2. The van der Waals surface area contributed by atoms with Crippen molar-refractivity contribution in [3.63, 3.8) is 0 Å². The Balaban J connectivity index is 3.74. The van der Waals surface area contributed by atoms with Crippen LogP contribution < -0.4 is 10.4 Å². The fourth-order valence-corrected chi connectivity index (χ4v) is 1.85. The minimum Gasteiger partial charge on any atom is -0.544 e. The van der Waals surface area contributed by atoms with Crippen LogP contribution >= 0.6 is 0 Å². The molecule has 0 aliphatic rings. The minimum absolute atomic E-state index is 0.0585. The van der Waals surface area contributed by atoms with Crippen molar-refractivity contribution in [3.05, 3.63) is 0 Å². The van der Waals surface area contributed by atoms with Gasteiger partial charge in [0.15, 0.2) is 0 Å². The summed E-state index contributed by atoms with van der Waals surface area (Å²) in [5.41, 5.74) is 0. The molecule has 0 heterocycles. The van der Waals surface area contributed by atoms with Gasteiger partial charge in [0.1, 0.15) is 12.7 Å². The van der Waals surface area contributed by atoms with Crippen LogP contribution in [-0.2, 0) is 9.59 Å². The van der Waals surface area contributed by atoms with E-state index in [2.05, 4.69) is 5.32 Å². The molecule has 0 radical (unpaired) electrons. The smallest absolute Gasteiger partial charge is 0.222 e. The van der Waals surface area contributed by atoms with E-state index in [4.69, 9.17) is 0 Å². The molecule has 0 fully saturated rings. The predicted octanol–water partition coefficient (Wildman–Crippen LogP) is -0.153. The highest BCUT2D eigenvalue weighted by Gasteiger charge is 2.15. The van der Waals surface area contributed by atoms with E-state index in [1.165, 1.54) is 0 Å². The molecule has 0 aliphatic carbocycles. The number of quaternary nitrogens is 1. The van der Waals surface area contributed by atoms with Gasteiger partial charge >= 0.3 is 0 Å². The number of aliphatic carboxylic acids is 1. The van der Waals surface area contributed by atoms with Gasteiger partial charge < -0.3 is 19.7 Å². The molecule has 1 unspecified atom stereocenters. The molecule has 0 aromatic rings. The van der Waals surface area contributed by atoms with Gasteiger partial charge in [-0.05, 0) is 6.42 Å². The predicted molar refractivity (Wildman–Crippen MR) is 68.9 cm³/mol. The normalized spacial score (nSPS) is 13.1. The molecule has 19 heavy (non-hydrogen) atoms. The van der Waals surface area contributed by atoms with Crippen LogP contribution in [0.3, 0.4) is 0 Å². The highest BCUT2D eigenvalue weighted by Crippen LogP contribution is 2.05. The second kappa shape index (κ2) is 8.85. The summed E-state index contributed by atoms with van der Waals surface area (Å²) in [5.74, 6) is -1.37. The molecular weight excluding hydrogens is 251 g/mol. The quantitative estimate of drug-likeness (QED) is 0.445. The lowest BCUT2D eigenvalue weighted by Crippen LogP contribution is -2.49. The zero-order valence-electron chi connectivity index (χ0n) is 12.1. The van der Waals surface area contributed by atoms with E-state index in [1.54, 1.807) is 14.1 Å². The lowest BCUT2D eigenvalue weighted by molar-refractivity contribution is -0.884. The first-order valence-corrected chi connectivity index (χ1v) is 6.69. The summed E-state index contributed by atoms with van der Waals surface area (Å²) in [5, 5.41) is 13.1. The molecule has 1 amide bonds. The molecule has 0 saturated carbocycles. The maximum atomic E-state index is 13.2. The maximum Gasteiger partial charge on any atom is 0.222 e. The van der Waals surface area contributed by atoms with Gasteiger partial charge in [0.2, 0.25) is 5.91 Å². The molecule has 0 saturated heterocycles. The van der Waals surface area contributed by atoms with Crippen molar-refractivity contribution in [1.29, 1.82) is 0 Å². The van der Waals surface area contributed by atoms with Crippen LogP contribution in [0.5, 0.6) is 0 Å². The van der Waals surface area contributed by atoms with Crippen molar-refractivity contribution in [3.8, 4) is 0 Å². The van der Waals surface area contributed by atoms with Gasteiger partial charge in [-0.2, -0.15) is 0 Å². The van der Waals surface area contributed by atoms with Gasteiger partial charge in [-0.25, -0.2) is 4.39 Å². The third kappa shape index (κ3) is 10.4. The Hall–Kier alpha value is -1.17. The van der Waals surface area contributed by atoms with Crippen molar-refractivity contribution in [2.24, 2.45) is 0 Å². The van der Waals surface area contributed by atoms with Gasteiger partial charge in [-0.3, -0.25) is 4.79 Å². The van der Waals surface area contributed by atoms with Crippen LogP contribution in [0.2, 0.25) is 0 Å². The molecule has 6 heteroatoms. The van der Waals surface area contributed by atoms with Gasteiger partial charge in [0.25, 0.3) is 0 Å². The van der Waals surface area contributed by atoms with Crippen LogP contribution in [0.4, 0.5) is 4.39 Å². The summed E-state index contributed by atoms with van der Waals surface area (Å²) in [4.78, 5) is 21.9.